The van der Waals surface area contributed by atoms with Crippen molar-refractivity contribution in [1.82, 2.24) is 9.88 Å². The van der Waals surface area contributed by atoms with Gasteiger partial charge in [-0.2, -0.15) is 0 Å². The predicted octanol–water partition coefficient (Wildman–Crippen LogP) is 4.16. The largest absolute Gasteiger partial charge is 0.478 e. The van der Waals surface area contributed by atoms with Crippen molar-refractivity contribution in [1.29, 1.82) is 0 Å². The van der Waals surface area contributed by atoms with Crippen molar-refractivity contribution in [2.75, 3.05) is 13.7 Å². The second kappa shape index (κ2) is 7.75. The standard InChI is InChI=1S/C23H20N2O4/c1-25(13-16-11-10-15(12-24-16)22(26)27)23(28)29-14-21-19-8-4-2-6-17(19)18-7-3-5-9-20(18)21/h2-12,21H,13-14H2,1H3,(H,26,27). The van der Waals surface area contributed by atoms with Crippen molar-refractivity contribution in [3.05, 3.63) is 89.2 Å². The second-order valence-electron chi connectivity index (χ2n) is 7.00. The number of carbonyl (C=O) groups is 2. The summed E-state index contributed by atoms with van der Waals surface area (Å²) in [6, 6.07) is 19.4. The van der Waals surface area contributed by atoms with Crippen molar-refractivity contribution >= 4 is 12.1 Å². The fourth-order valence-electron chi connectivity index (χ4n) is 3.66. The van der Waals surface area contributed by atoms with Crippen molar-refractivity contribution in [3.8, 4) is 11.1 Å². The minimum atomic E-state index is -1.03. The van der Waals surface area contributed by atoms with Crippen LogP contribution in [0.3, 0.4) is 0 Å². The van der Waals surface area contributed by atoms with Crippen LogP contribution in [0.5, 0.6) is 0 Å². The summed E-state index contributed by atoms with van der Waals surface area (Å²) in [5.74, 6) is -1.03. The number of rotatable bonds is 5. The maximum absolute atomic E-state index is 12.5. The Balaban J connectivity index is 1.42. The van der Waals surface area contributed by atoms with E-state index in [9.17, 15) is 9.59 Å². The van der Waals surface area contributed by atoms with Crippen LogP contribution in [0.2, 0.25) is 0 Å². The Hall–Kier alpha value is -3.67. The summed E-state index contributed by atoms with van der Waals surface area (Å²) in [6.45, 7) is 0.485. The van der Waals surface area contributed by atoms with Gasteiger partial charge in [0.1, 0.15) is 6.61 Å². The fourth-order valence-corrected chi connectivity index (χ4v) is 3.66. The number of hydrogen-bond donors (Lipinski definition) is 1. The van der Waals surface area contributed by atoms with E-state index in [4.69, 9.17) is 9.84 Å². The topological polar surface area (TPSA) is 79.7 Å². The molecule has 29 heavy (non-hydrogen) atoms. The molecule has 2 aromatic carbocycles. The van der Waals surface area contributed by atoms with E-state index in [1.165, 1.54) is 28.3 Å². The van der Waals surface area contributed by atoms with E-state index in [1.807, 2.05) is 24.3 Å². The highest BCUT2D eigenvalue weighted by Gasteiger charge is 2.29. The number of amides is 1. The normalized spacial score (nSPS) is 12.2. The molecule has 146 valence electrons. The Labute approximate surface area is 168 Å². The number of carboxylic acid groups (broad SMARTS) is 1. The number of pyridine rings is 1. The molecule has 0 spiro atoms. The Morgan fingerprint density at radius 3 is 2.17 bits per heavy atom. The molecule has 0 saturated heterocycles. The molecule has 0 radical (unpaired) electrons. The van der Waals surface area contributed by atoms with E-state index in [0.717, 1.165) is 11.1 Å². The summed E-state index contributed by atoms with van der Waals surface area (Å²) < 4.78 is 5.60. The first-order valence-corrected chi connectivity index (χ1v) is 9.29. The van der Waals surface area contributed by atoms with Crippen LogP contribution in [0.4, 0.5) is 4.79 Å². The maximum atomic E-state index is 12.5. The third-order valence-corrected chi connectivity index (χ3v) is 5.12. The summed E-state index contributed by atoms with van der Waals surface area (Å²) in [5.41, 5.74) is 5.38. The number of ether oxygens (including phenoxy) is 1. The van der Waals surface area contributed by atoms with E-state index in [-0.39, 0.29) is 24.6 Å². The lowest BCUT2D eigenvalue weighted by molar-refractivity contribution is 0.0696. The van der Waals surface area contributed by atoms with E-state index in [0.29, 0.717) is 5.69 Å². The molecule has 0 unspecified atom stereocenters. The molecule has 0 aliphatic heterocycles. The maximum Gasteiger partial charge on any atom is 0.409 e. The molecule has 4 rings (SSSR count). The van der Waals surface area contributed by atoms with Gasteiger partial charge in [-0.1, -0.05) is 48.5 Å². The van der Waals surface area contributed by atoms with Gasteiger partial charge >= 0.3 is 12.1 Å². The number of carboxylic acids is 1. The van der Waals surface area contributed by atoms with Crippen LogP contribution in [0, 0.1) is 0 Å². The summed E-state index contributed by atoms with van der Waals surface area (Å²) in [6.07, 6.45) is 0.833. The smallest absolute Gasteiger partial charge is 0.409 e. The monoisotopic (exact) mass is 388 g/mol. The molecule has 1 amide bonds. The van der Waals surface area contributed by atoms with Crippen LogP contribution in [-0.4, -0.2) is 40.7 Å². The average Bonchev–Trinajstić information content (AvgIpc) is 3.06. The van der Waals surface area contributed by atoms with Gasteiger partial charge in [-0.25, -0.2) is 9.59 Å². The molecule has 0 saturated carbocycles. The third-order valence-electron chi connectivity index (χ3n) is 5.12. The molecule has 6 nitrogen and oxygen atoms in total. The summed E-state index contributed by atoms with van der Waals surface area (Å²) >= 11 is 0. The number of hydrogen-bond acceptors (Lipinski definition) is 4. The van der Waals surface area contributed by atoms with Crippen molar-refractivity contribution in [2.24, 2.45) is 0 Å². The van der Waals surface area contributed by atoms with Crippen LogP contribution in [0.15, 0.2) is 66.9 Å². The minimum absolute atomic E-state index is 0.00715. The van der Waals surface area contributed by atoms with Crippen LogP contribution < -0.4 is 0 Å². The zero-order chi connectivity index (χ0) is 20.4. The Morgan fingerprint density at radius 1 is 1.00 bits per heavy atom. The zero-order valence-electron chi connectivity index (χ0n) is 15.9. The molecule has 1 aromatic heterocycles. The van der Waals surface area contributed by atoms with Crippen LogP contribution in [0.1, 0.15) is 33.1 Å². The lowest BCUT2D eigenvalue weighted by Gasteiger charge is -2.19. The number of fused-ring (bicyclic) bond motifs is 3. The van der Waals surface area contributed by atoms with Crippen molar-refractivity contribution in [3.63, 3.8) is 0 Å². The van der Waals surface area contributed by atoms with Crippen LogP contribution in [-0.2, 0) is 11.3 Å². The van der Waals surface area contributed by atoms with Gasteiger partial charge in [-0.05, 0) is 34.4 Å². The molecule has 0 fully saturated rings. The lowest BCUT2D eigenvalue weighted by Crippen LogP contribution is -2.28. The fraction of sp³-hybridized carbons (Fsp3) is 0.174. The molecule has 1 aliphatic carbocycles. The van der Waals surface area contributed by atoms with Crippen LogP contribution >= 0.6 is 0 Å². The van der Waals surface area contributed by atoms with E-state index in [1.54, 1.807) is 13.1 Å². The Bertz CT molecular complexity index is 1020. The molecule has 0 atom stereocenters. The molecular weight excluding hydrogens is 368 g/mol. The quantitative estimate of drug-likeness (QED) is 0.710. The first-order valence-electron chi connectivity index (χ1n) is 9.29. The summed E-state index contributed by atoms with van der Waals surface area (Å²) in [5, 5.41) is 8.93. The number of benzene rings is 2. The lowest BCUT2D eigenvalue weighted by atomic mass is 9.98. The highest BCUT2D eigenvalue weighted by Crippen LogP contribution is 2.44. The first-order chi connectivity index (χ1) is 14.0. The number of carbonyl (C=O) groups excluding carboxylic acids is 1. The second-order valence-corrected chi connectivity index (χ2v) is 7.00. The third kappa shape index (κ3) is 3.69. The highest BCUT2D eigenvalue weighted by atomic mass is 16.6. The molecule has 1 aliphatic rings. The molecule has 1 heterocycles. The SMILES string of the molecule is CN(Cc1ccc(C(=O)O)cn1)C(=O)OCC1c2ccccc2-c2ccccc21. The van der Waals surface area contributed by atoms with Gasteiger partial charge in [0, 0.05) is 19.2 Å². The number of aromatic nitrogens is 1. The van der Waals surface area contributed by atoms with Gasteiger partial charge in [-0.3, -0.25) is 4.98 Å². The van der Waals surface area contributed by atoms with Gasteiger partial charge in [0.15, 0.2) is 0 Å². The van der Waals surface area contributed by atoms with E-state index >= 15 is 0 Å². The number of nitrogens with zero attached hydrogens (tertiary/aromatic N) is 2. The first kappa shape index (κ1) is 18.7. The number of aromatic carboxylic acids is 1. The highest BCUT2D eigenvalue weighted by molar-refractivity contribution is 5.87. The predicted molar refractivity (Wildman–Crippen MR) is 108 cm³/mol. The van der Waals surface area contributed by atoms with Gasteiger partial charge < -0.3 is 14.7 Å². The van der Waals surface area contributed by atoms with Crippen molar-refractivity contribution < 1.29 is 19.4 Å². The van der Waals surface area contributed by atoms with Gasteiger partial charge in [-0.15, -0.1) is 0 Å². The Morgan fingerprint density at radius 2 is 1.62 bits per heavy atom. The van der Waals surface area contributed by atoms with E-state index in [2.05, 4.69) is 29.2 Å². The molecule has 6 heteroatoms. The van der Waals surface area contributed by atoms with Crippen LogP contribution in [0.25, 0.3) is 11.1 Å². The summed E-state index contributed by atoms with van der Waals surface area (Å²) in [7, 11) is 1.63. The van der Waals surface area contributed by atoms with Gasteiger partial charge in [0.05, 0.1) is 17.8 Å². The molecule has 3 aromatic rings. The average molecular weight is 388 g/mol. The minimum Gasteiger partial charge on any atom is -0.478 e. The van der Waals surface area contributed by atoms with Gasteiger partial charge in [0.2, 0.25) is 0 Å². The molecule has 0 bridgehead atoms. The van der Waals surface area contributed by atoms with Gasteiger partial charge in [0.25, 0.3) is 0 Å². The van der Waals surface area contributed by atoms with Crippen molar-refractivity contribution in [2.45, 2.75) is 12.5 Å². The summed E-state index contributed by atoms with van der Waals surface area (Å²) in [4.78, 5) is 28.9. The van der Waals surface area contributed by atoms with E-state index < -0.39 is 12.1 Å². The molecular formula is C23H20N2O4. The zero-order valence-corrected chi connectivity index (χ0v) is 15.9. The molecule has 1 N–H and O–H groups in total. The Kier molecular flexibility index (Phi) is 4.99.